The van der Waals surface area contributed by atoms with Gasteiger partial charge in [-0.1, -0.05) is 18.2 Å². The average Bonchev–Trinajstić information content (AvgIpc) is 2.63. The summed E-state index contributed by atoms with van der Waals surface area (Å²) in [5, 5.41) is 31.6. The van der Waals surface area contributed by atoms with Crippen molar-refractivity contribution in [2.45, 2.75) is 0 Å². The van der Waals surface area contributed by atoms with Gasteiger partial charge in [-0.3, -0.25) is 5.11 Å². The number of fused-ring (bicyclic) bond motifs is 2. The second kappa shape index (κ2) is 6.46. The molecule has 133 valence electrons. The van der Waals surface area contributed by atoms with E-state index in [-0.39, 0.29) is 28.6 Å². The second-order valence-electron chi connectivity index (χ2n) is 5.82. The second-order valence-corrected chi connectivity index (χ2v) is 7.52. The van der Waals surface area contributed by atoms with E-state index in [1.807, 2.05) is 0 Å². The number of rotatable bonds is 2. The van der Waals surface area contributed by atoms with Crippen LogP contribution in [-0.4, -0.2) is 16.2 Å². The highest BCUT2D eigenvalue weighted by atomic mass is 79.9. The Morgan fingerprint density at radius 3 is 2.59 bits per heavy atom. The standard InChI is InChI=1S/C20H9Br2O5/c21-13-5-11-17(7-15(13)23)27-18-8-16(24)14(22)6-12(18)19(11)9-3-1-2-4-10(9)20(25)26/h1-7,24H,(H,25,26). The molecule has 27 heavy (non-hydrogen) atoms. The topological polar surface area (TPSA) is 86.7 Å². The van der Waals surface area contributed by atoms with Crippen LogP contribution in [0.3, 0.4) is 0 Å². The summed E-state index contributed by atoms with van der Waals surface area (Å²) in [5.41, 5.74) is 4.98. The molecule has 1 heterocycles. The first-order valence-corrected chi connectivity index (χ1v) is 9.29. The van der Waals surface area contributed by atoms with Crippen molar-refractivity contribution in [2.24, 2.45) is 0 Å². The summed E-state index contributed by atoms with van der Waals surface area (Å²) in [5.74, 6) is -1.02. The number of aliphatic hydroxyl groups excluding tert-OH is 1. The number of allylic oxidation sites excluding steroid dienone is 1. The summed E-state index contributed by atoms with van der Waals surface area (Å²) in [4.78, 5) is 11.8. The lowest BCUT2D eigenvalue weighted by atomic mass is 9.86. The SMILES string of the molecule is [O]c1cc2c(cc1Br)C(c1ccccc1C(=O)O)=C1C=C(Br)C(O)=C=C1O2. The third-order valence-electron chi connectivity index (χ3n) is 4.19. The number of aliphatic hydroxyl groups is 1. The molecule has 2 aromatic carbocycles. The van der Waals surface area contributed by atoms with Crippen molar-refractivity contribution < 1.29 is 24.9 Å². The maximum Gasteiger partial charge on any atom is 0.336 e. The van der Waals surface area contributed by atoms with E-state index in [0.29, 0.717) is 31.2 Å². The minimum Gasteiger partial charge on any atom is -0.500 e. The Morgan fingerprint density at radius 1 is 1.11 bits per heavy atom. The molecule has 5 nitrogen and oxygen atoms in total. The number of carboxylic acids is 1. The Morgan fingerprint density at radius 2 is 1.85 bits per heavy atom. The molecule has 4 rings (SSSR count). The molecular weight excluding hydrogens is 480 g/mol. The summed E-state index contributed by atoms with van der Waals surface area (Å²) in [7, 11) is 0. The van der Waals surface area contributed by atoms with Gasteiger partial charge in [0, 0.05) is 22.8 Å². The highest BCUT2D eigenvalue weighted by Crippen LogP contribution is 2.47. The first kappa shape index (κ1) is 17.7. The monoisotopic (exact) mass is 487 g/mol. The van der Waals surface area contributed by atoms with Gasteiger partial charge in [0.2, 0.25) is 0 Å². The van der Waals surface area contributed by atoms with Crippen molar-refractivity contribution in [1.29, 1.82) is 0 Å². The number of halogens is 2. The average molecular weight is 489 g/mol. The van der Waals surface area contributed by atoms with Crippen LogP contribution in [0.15, 0.2) is 74.3 Å². The van der Waals surface area contributed by atoms with Crippen LogP contribution < -0.4 is 4.74 Å². The van der Waals surface area contributed by atoms with Gasteiger partial charge in [-0.2, -0.15) is 0 Å². The van der Waals surface area contributed by atoms with Crippen molar-refractivity contribution in [3.05, 3.63) is 90.9 Å². The zero-order chi connectivity index (χ0) is 19.3. The molecule has 0 unspecified atom stereocenters. The predicted octanol–water partition coefficient (Wildman–Crippen LogP) is 5.70. The van der Waals surface area contributed by atoms with Crippen LogP contribution in [0.4, 0.5) is 0 Å². The van der Waals surface area contributed by atoms with Crippen molar-refractivity contribution in [1.82, 2.24) is 0 Å². The smallest absolute Gasteiger partial charge is 0.336 e. The molecule has 1 aliphatic carbocycles. The van der Waals surface area contributed by atoms with Gasteiger partial charge in [-0.15, -0.1) is 0 Å². The Balaban J connectivity index is 2.14. The summed E-state index contributed by atoms with van der Waals surface area (Å²) in [6, 6.07) is 9.51. The van der Waals surface area contributed by atoms with Crippen LogP contribution >= 0.6 is 31.9 Å². The molecule has 0 aromatic heterocycles. The third kappa shape index (κ3) is 2.90. The fourth-order valence-electron chi connectivity index (χ4n) is 3.01. The Labute approximate surface area is 170 Å². The number of aromatic carboxylic acids is 1. The van der Waals surface area contributed by atoms with E-state index >= 15 is 0 Å². The maximum absolute atomic E-state index is 12.0. The molecular formula is C20H9Br2O5. The van der Waals surface area contributed by atoms with Crippen LogP contribution in [0.25, 0.3) is 5.57 Å². The Bertz CT molecular complexity index is 1150. The lowest BCUT2D eigenvalue weighted by Crippen LogP contribution is -2.13. The zero-order valence-electron chi connectivity index (χ0n) is 13.4. The van der Waals surface area contributed by atoms with Gasteiger partial charge < -0.3 is 14.9 Å². The molecule has 0 fully saturated rings. The number of hydrogen-bond acceptors (Lipinski definition) is 3. The summed E-state index contributed by atoms with van der Waals surface area (Å²) in [6.07, 6.45) is 1.64. The molecule has 0 amide bonds. The third-order valence-corrected chi connectivity index (χ3v) is 5.41. The molecule has 2 aromatic rings. The summed E-state index contributed by atoms with van der Waals surface area (Å²) >= 11 is 6.50. The first-order chi connectivity index (χ1) is 12.9. The van der Waals surface area contributed by atoms with Crippen molar-refractivity contribution in [3.63, 3.8) is 0 Å². The summed E-state index contributed by atoms with van der Waals surface area (Å²) < 4.78 is 6.50. The molecule has 0 saturated heterocycles. The van der Waals surface area contributed by atoms with E-state index in [1.165, 1.54) is 12.1 Å². The van der Waals surface area contributed by atoms with Gasteiger partial charge in [0.1, 0.15) is 5.75 Å². The molecule has 0 saturated carbocycles. The van der Waals surface area contributed by atoms with Gasteiger partial charge in [0.25, 0.3) is 0 Å². The summed E-state index contributed by atoms with van der Waals surface area (Å²) in [6.45, 7) is 0. The predicted molar refractivity (Wildman–Crippen MR) is 105 cm³/mol. The van der Waals surface area contributed by atoms with E-state index in [9.17, 15) is 20.1 Å². The molecule has 2 aliphatic rings. The van der Waals surface area contributed by atoms with Crippen LogP contribution in [0.1, 0.15) is 21.5 Å². The maximum atomic E-state index is 12.0. The minimum atomic E-state index is -1.07. The quantitative estimate of drug-likeness (QED) is 0.530. The van der Waals surface area contributed by atoms with Crippen LogP contribution in [-0.2, 0) is 5.11 Å². The lowest BCUT2D eigenvalue weighted by molar-refractivity contribution is 0.0696. The van der Waals surface area contributed by atoms with E-state index in [2.05, 4.69) is 37.6 Å². The van der Waals surface area contributed by atoms with Crippen molar-refractivity contribution in [3.8, 4) is 11.5 Å². The zero-order valence-corrected chi connectivity index (χ0v) is 16.6. The highest BCUT2D eigenvalue weighted by Gasteiger charge is 2.30. The van der Waals surface area contributed by atoms with Crippen LogP contribution in [0, 0.1) is 0 Å². The minimum absolute atomic E-state index is 0.109. The van der Waals surface area contributed by atoms with E-state index in [1.54, 1.807) is 30.3 Å². The molecule has 1 radical (unpaired) electrons. The Kier molecular flexibility index (Phi) is 4.23. The molecule has 1 aliphatic heterocycles. The number of hydrogen-bond donors (Lipinski definition) is 2. The normalized spacial score (nSPS) is 15.1. The number of carbonyl (C=O) groups is 1. The van der Waals surface area contributed by atoms with E-state index in [0.717, 1.165) is 0 Å². The van der Waals surface area contributed by atoms with Gasteiger partial charge >= 0.3 is 5.97 Å². The molecule has 2 N–H and O–H groups in total. The van der Waals surface area contributed by atoms with Gasteiger partial charge in [-0.05, 0) is 61.4 Å². The van der Waals surface area contributed by atoms with Gasteiger partial charge in [-0.25, -0.2) is 4.79 Å². The molecule has 7 heteroatoms. The first-order valence-electron chi connectivity index (χ1n) is 7.70. The number of ether oxygens (including phenoxy) is 1. The number of benzene rings is 2. The van der Waals surface area contributed by atoms with Crippen LogP contribution in [0.5, 0.6) is 11.5 Å². The van der Waals surface area contributed by atoms with Gasteiger partial charge in [0.15, 0.2) is 17.3 Å². The van der Waals surface area contributed by atoms with E-state index < -0.39 is 5.97 Å². The molecule has 0 atom stereocenters. The molecule has 0 bridgehead atoms. The Hall–Kier alpha value is -2.73. The van der Waals surface area contributed by atoms with Gasteiger partial charge in [0.05, 0.1) is 14.5 Å². The number of carboxylic acid groups (broad SMARTS) is 1. The molecule has 0 spiro atoms. The van der Waals surface area contributed by atoms with Crippen molar-refractivity contribution in [2.75, 3.05) is 0 Å². The largest absolute Gasteiger partial charge is 0.500 e. The fourth-order valence-corrected chi connectivity index (χ4v) is 3.68. The fraction of sp³-hybridized carbons (Fsp3) is 0. The highest BCUT2D eigenvalue weighted by molar-refractivity contribution is 9.12. The van der Waals surface area contributed by atoms with Crippen LogP contribution in [0.2, 0.25) is 0 Å². The van der Waals surface area contributed by atoms with E-state index in [4.69, 9.17) is 4.74 Å². The van der Waals surface area contributed by atoms with Crippen molar-refractivity contribution >= 4 is 43.4 Å². The lowest BCUT2D eigenvalue weighted by Gasteiger charge is -2.26.